The minimum Gasteiger partial charge on any atom is -0.409 e. The molecular weight excluding hydrogens is 287 g/mol. The van der Waals surface area contributed by atoms with Crippen molar-refractivity contribution in [2.45, 2.75) is 25.7 Å². The van der Waals surface area contributed by atoms with Gasteiger partial charge in [0, 0.05) is 12.1 Å². The van der Waals surface area contributed by atoms with Crippen LogP contribution in [0.25, 0.3) is 0 Å². The molecule has 4 N–H and O–H groups in total. The second-order valence-corrected chi connectivity index (χ2v) is 4.97. The van der Waals surface area contributed by atoms with Crippen LogP contribution in [0.1, 0.15) is 25.7 Å². The van der Waals surface area contributed by atoms with Gasteiger partial charge in [-0.1, -0.05) is 18.0 Å². The van der Waals surface area contributed by atoms with Crippen LogP contribution in [0.4, 0.5) is 18.9 Å². The molecule has 0 spiro atoms. The van der Waals surface area contributed by atoms with Gasteiger partial charge in [-0.05, 0) is 12.8 Å². The van der Waals surface area contributed by atoms with Gasteiger partial charge in [0.15, 0.2) is 17.5 Å². The Balaban J connectivity index is 2.33. The average Bonchev–Trinajstić information content (AvgIpc) is 2.92. The van der Waals surface area contributed by atoms with Crippen LogP contribution >= 0.6 is 0 Å². The number of rotatable bonds is 3. The lowest BCUT2D eigenvalue weighted by molar-refractivity contribution is -0.122. The molecule has 0 aliphatic heterocycles. The van der Waals surface area contributed by atoms with Crippen LogP contribution in [0.2, 0.25) is 0 Å². The molecule has 1 fully saturated rings. The van der Waals surface area contributed by atoms with Crippen molar-refractivity contribution in [3.63, 3.8) is 0 Å². The molecule has 1 amide bonds. The molecule has 0 aromatic heterocycles. The Labute approximate surface area is 118 Å². The molecule has 1 aliphatic rings. The number of nitrogens with zero attached hydrogens (tertiary/aromatic N) is 1. The van der Waals surface area contributed by atoms with Crippen molar-refractivity contribution in [2.75, 3.05) is 5.32 Å². The van der Waals surface area contributed by atoms with E-state index in [9.17, 15) is 18.0 Å². The first-order chi connectivity index (χ1) is 9.90. The van der Waals surface area contributed by atoms with Gasteiger partial charge in [0.25, 0.3) is 0 Å². The molecule has 5 nitrogen and oxygen atoms in total. The van der Waals surface area contributed by atoms with Crippen molar-refractivity contribution in [1.29, 1.82) is 0 Å². The maximum absolute atomic E-state index is 13.6. The number of amides is 1. The molecule has 1 saturated carbocycles. The Morgan fingerprint density at radius 1 is 1.24 bits per heavy atom. The second-order valence-electron chi connectivity index (χ2n) is 4.97. The van der Waals surface area contributed by atoms with Gasteiger partial charge in [-0.25, -0.2) is 13.2 Å². The van der Waals surface area contributed by atoms with Gasteiger partial charge < -0.3 is 16.3 Å². The summed E-state index contributed by atoms with van der Waals surface area (Å²) in [6.07, 6.45) is 1.94. The number of oxime groups is 1. The molecule has 0 radical (unpaired) electrons. The van der Waals surface area contributed by atoms with Crippen molar-refractivity contribution < 1.29 is 23.2 Å². The van der Waals surface area contributed by atoms with Crippen LogP contribution in [0.15, 0.2) is 17.3 Å². The minimum atomic E-state index is -1.30. The smallest absolute Gasteiger partial charge is 0.238 e. The fourth-order valence-electron chi connectivity index (χ4n) is 2.57. The first kappa shape index (κ1) is 15.1. The monoisotopic (exact) mass is 301 g/mol. The summed E-state index contributed by atoms with van der Waals surface area (Å²) >= 11 is 0. The van der Waals surface area contributed by atoms with Crippen molar-refractivity contribution in [1.82, 2.24) is 0 Å². The summed E-state index contributed by atoms with van der Waals surface area (Å²) in [7, 11) is 0. The topological polar surface area (TPSA) is 87.7 Å². The number of carbonyl (C=O) groups is 1. The molecular formula is C13H14F3N3O2. The molecule has 8 heteroatoms. The van der Waals surface area contributed by atoms with Gasteiger partial charge in [0.05, 0.1) is 0 Å². The van der Waals surface area contributed by atoms with E-state index in [1.807, 2.05) is 0 Å². The van der Waals surface area contributed by atoms with Gasteiger partial charge in [-0.2, -0.15) is 0 Å². The maximum atomic E-state index is 13.6. The Bertz CT molecular complexity index is 575. The number of nitrogens with one attached hydrogen (secondary N) is 1. The number of hydrogen-bond donors (Lipinski definition) is 3. The van der Waals surface area contributed by atoms with E-state index in [0.717, 1.165) is 0 Å². The lowest BCUT2D eigenvalue weighted by Gasteiger charge is -2.26. The molecule has 21 heavy (non-hydrogen) atoms. The highest BCUT2D eigenvalue weighted by atomic mass is 19.1. The molecule has 114 valence electrons. The van der Waals surface area contributed by atoms with Crippen LogP contribution in [-0.2, 0) is 4.79 Å². The normalized spacial score (nSPS) is 17.8. The molecule has 0 atom stereocenters. The van der Waals surface area contributed by atoms with Crippen LogP contribution in [0.5, 0.6) is 0 Å². The summed E-state index contributed by atoms with van der Waals surface area (Å²) in [4.78, 5) is 12.3. The number of benzene rings is 1. The third-order valence-electron chi connectivity index (χ3n) is 3.74. The molecule has 0 bridgehead atoms. The maximum Gasteiger partial charge on any atom is 0.238 e. The molecule has 0 heterocycles. The lowest BCUT2D eigenvalue weighted by Crippen LogP contribution is -2.45. The highest BCUT2D eigenvalue weighted by Crippen LogP contribution is 2.39. The Morgan fingerprint density at radius 3 is 2.24 bits per heavy atom. The van der Waals surface area contributed by atoms with Crippen LogP contribution in [-0.4, -0.2) is 17.0 Å². The van der Waals surface area contributed by atoms with Gasteiger partial charge in [0.1, 0.15) is 16.9 Å². The van der Waals surface area contributed by atoms with Crippen molar-refractivity contribution in [3.8, 4) is 0 Å². The minimum absolute atomic E-state index is 0.305. The largest absolute Gasteiger partial charge is 0.409 e. The fraction of sp³-hybridized carbons (Fsp3) is 0.385. The number of hydrogen-bond acceptors (Lipinski definition) is 3. The summed E-state index contributed by atoms with van der Waals surface area (Å²) in [6, 6.07) is 0.924. The predicted molar refractivity (Wildman–Crippen MR) is 69.3 cm³/mol. The molecule has 2 rings (SSSR count). The van der Waals surface area contributed by atoms with E-state index in [2.05, 4.69) is 10.5 Å². The predicted octanol–water partition coefficient (Wildman–Crippen LogP) is 2.35. The van der Waals surface area contributed by atoms with E-state index in [4.69, 9.17) is 10.9 Å². The quantitative estimate of drug-likeness (QED) is 0.346. The van der Waals surface area contributed by atoms with E-state index < -0.39 is 34.5 Å². The highest BCUT2D eigenvalue weighted by molar-refractivity contribution is 6.12. The first-order valence-corrected chi connectivity index (χ1v) is 6.35. The summed E-state index contributed by atoms with van der Waals surface area (Å²) in [5.74, 6) is -4.63. The van der Waals surface area contributed by atoms with Gasteiger partial charge in [-0.3, -0.25) is 4.79 Å². The third-order valence-corrected chi connectivity index (χ3v) is 3.74. The van der Waals surface area contributed by atoms with E-state index >= 15 is 0 Å². The third kappa shape index (κ3) is 2.65. The van der Waals surface area contributed by atoms with E-state index in [1.54, 1.807) is 0 Å². The van der Waals surface area contributed by atoms with Crippen molar-refractivity contribution >= 4 is 17.4 Å². The lowest BCUT2D eigenvalue weighted by atomic mass is 9.83. The zero-order valence-corrected chi connectivity index (χ0v) is 11.0. The number of amidine groups is 1. The van der Waals surface area contributed by atoms with Gasteiger partial charge >= 0.3 is 0 Å². The molecule has 0 saturated heterocycles. The van der Waals surface area contributed by atoms with Crippen molar-refractivity contribution in [3.05, 3.63) is 29.6 Å². The van der Waals surface area contributed by atoms with Crippen LogP contribution in [0, 0.1) is 22.9 Å². The number of carbonyl (C=O) groups excluding carboxylic acids is 1. The fourth-order valence-corrected chi connectivity index (χ4v) is 2.57. The molecule has 1 aromatic rings. The summed E-state index contributed by atoms with van der Waals surface area (Å²) < 4.78 is 40.0. The SMILES string of the molecule is NC(=NO)C1(C(=O)Nc2c(F)cc(F)cc2F)CCCC1. The first-order valence-electron chi connectivity index (χ1n) is 6.35. The van der Waals surface area contributed by atoms with E-state index in [0.29, 0.717) is 37.8 Å². The second kappa shape index (κ2) is 5.63. The molecule has 0 unspecified atom stereocenters. The zero-order valence-electron chi connectivity index (χ0n) is 11.0. The van der Waals surface area contributed by atoms with Gasteiger partial charge in [-0.15, -0.1) is 0 Å². The van der Waals surface area contributed by atoms with Crippen molar-refractivity contribution in [2.24, 2.45) is 16.3 Å². The standard InChI is InChI=1S/C13H14F3N3O2/c14-7-5-8(15)10(9(16)6-7)18-12(20)13(11(17)19-21)3-1-2-4-13/h5-6,21H,1-4H2,(H2,17,19)(H,18,20). The Hall–Kier alpha value is -2.25. The van der Waals surface area contributed by atoms with Crippen LogP contribution < -0.4 is 11.1 Å². The van der Waals surface area contributed by atoms with Crippen LogP contribution in [0.3, 0.4) is 0 Å². The Kier molecular flexibility index (Phi) is 4.06. The number of halogens is 3. The number of nitrogens with two attached hydrogens (primary N) is 1. The zero-order chi connectivity index (χ0) is 15.6. The Morgan fingerprint density at radius 2 is 1.76 bits per heavy atom. The van der Waals surface area contributed by atoms with E-state index in [-0.39, 0.29) is 5.84 Å². The highest BCUT2D eigenvalue weighted by Gasteiger charge is 2.45. The average molecular weight is 301 g/mol. The summed E-state index contributed by atoms with van der Waals surface area (Å²) in [5, 5.41) is 13.7. The number of anilines is 1. The summed E-state index contributed by atoms with van der Waals surface area (Å²) in [5.41, 5.74) is 3.50. The molecule has 1 aliphatic carbocycles. The van der Waals surface area contributed by atoms with Gasteiger partial charge in [0.2, 0.25) is 5.91 Å². The van der Waals surface area contributed by atoms with E-state index in [1.165, 1.54) is 0 Å². The molecule has 1 aromatic carbocycles. The summed E-state index contributed by atoms with van der Waals surface area (Å²) in [6.45, 7) is 0.